The predicted molar refractivity (Wildman–Crippen MR) is 123 cm³/mol. The van der Waals surface area contributed by atoms with Crippen molar-refractivity contribution in [3.63, 3.8) is 0 Å². The number of aromatic nitrogens is 2. The second kappa shape index (κ2) is 10.4. The van der Waals surface area contributed by atoms with Gasteiger partial charge >= 0.3 is 0 Å². The summed E-state index contributed by atoms with van der Waals surface area (Å²) in [7, 11) is 1.59. The van der Waals surface area contributed by atoms with E-state index >= 15 is 0 Å². The van der Waals surface area contributed by atoms with Crippen LogP contribution in [-0.4, -0.2) is 46.4 Å². The zero-order valence-electron chi connectivity index (χ0n) is 18.3. The summed E-state index contributed by atoms with van der Waals surface area (Å²) < 4.78 is 5.11. The zero-order chi connectivity index (χ0) is 23.1. The Labute approximate surface area is 185 Å². The van der Waals surface area contributed by atoms with Crippen LogP contribution in [0.4, 0.5) is 0 Å². The molecule has 8 nitrogen and oxygen atoms in total. The SMILES string of the molecule is CCN(Cc1nc2ccccc2c(=O)[nH]1)C(=O)C(C)NC(=O)/C=C/c1ccc(OC)cc1. The van der Waals surface area contributed by atoms with E-state index in [0.29, 0.717) is 23.3 Å². The van der Waals surface area contributed by atoms with Crippen molar-refractivity contribution in [2.75, 3.05) is 13.7 Å². The van der Waals surface area contributed by atoms with Crippen molar-refractivity contribution in [3.05, 3.63) is 76.3 Å². The van der Waals surface area contributed by atoms with E-state index in [2.05, 4.69) is 15.3 Å². The van der Waals surface area contributed by atoms with E-state index < -0.39 is 6.04 Å². The third-order valence-electron chi connectivity index (χ3n) is 4.97. The number of carbonyl (C=O) groups excluding carboxylic acids is 2. The molecule has 2 N–H and O–H groups in total. The molecule has 1 atom stereocenters. The highest BCUT2D eigenvalue weighted by atomic mass is 16.5. The molecule has 3 rings (SSSR count). The summed E-state index contributed by atoms with van der Waals surface area (Å²) in [5.74, 6) is 0.471. The molecule has 0 aliphatic heterocycles. The second-order valence-corrected chi connectivity index (χ2v) is 7.22. The largest absolute Gasteiger partial charge is 0.497 e. The molecular weight excluding hydrogens is 408 g/mol. The van der Waals surface area contributed by atoms with Crippen LogP contribution < -0.4 is 15.6 Å². The van der Waals surface area contributed by atoms with Crippen molar-refractivity contribution in [2.24, 2.45) is 0 Å². The third kappa shape index (κ3) is 5.60. The number of amides is 2. The molecule has 0 spiro atoms. The molecular formula is C24H26N4O4. The standard InChI is InChI=1S/C24H26N4O4/c1-4-28(15-21-26-20-8-6-5-7-19(20)23(30)27-21)24(31)16(2)25-22(29)14-11-17-9-12-18(32-3)13-10-17/h5-14,16H,4,15H2,1-3H3,(H,25,29)(H,26,27,30)/b14-11+. The van der Waals surface area contributed by atoms with Gasteiger partial charge in [0.15, 0.2) is 0 Å². The summed E-state index contributed by atoms with van der Waals surface area (Å²) >= 11 is 0. The van der Waals surface area contributed by atoms with Gasteiger partial charge in [-0.3, -0.25) is 14.4 Å². The molecule has 2 amide bonds. The Balaban J connectivity index is 1.63. The van der Waals surface area contributed by atoms with Crippen molar-refractivity contribution in [3.8, 4) is 5.75 Å². The summed E-state index contributed by atoms with van der Waals surface area (Å²) in [6, 6.07) is 13.5. The van der Waals surface area contributed by atoms with Gasteiger partial charge in [-0.25, -0.2) is 4.98 Å². The maximum atomic E-state index is 12.9. The summed E-state index contributed by atoms with van der Waals surface area (Å²) in [6.07, 6.45) is 3.04. The summed E-state index contributed by atoms with van der Waals surface area (Å²) in [5.41, 5.74) is 1.15. The molecule has 1 aromatic heterocycles. The van der Waals surface area contributed by atoms with Gasteiger partial charge in [0.25, 0.3) is 5.56 Å². The number of nitrogens with zero attached hydrogens (tertiary/aromatic N) is 2. The molecule has 2 aromatic carbocycles. The lowest BCUT2D eigenvalue weighted by atomic mass is 10.2. The van der Waals surface area contributed by atoms with Crippen LogP contribution in [0.15, 0.2) is 59.4 Å². The van der Waals surface area contributed by atoms with Crippen LogP contribution in [0.2, 0.25) is 0 Å². The number of likely N-dealkylation sites (N-methyl/N-ethyl adjacent to an activating group) is 1. The first-order valence-electron chi connectivity index (χ1n) is 10.3. The molecule has 1 heterocycles. The number of carbonyl (C=O) groups is 2. The number of hydrogen-bond acceptors (Lipinski definition) is 5. The normalized spacial score (nSPS) is 12.0. The quantitative estimate of drug-likeness (QED) is 0.530. The Bertz CT molecular complexity index is 1180. The maximum absolute atomic E-state index is 12.9. The fraction of sp³-hybridized carbons (Fsp3) is 0.250. The van der Waals surface area contributed by atoms with Crippen LogP contribution in [0.1, 0.15) is 25.2 Å². The van der Waals surface area contributed by atoms with Gasteiger partial charge in [-0.1, -0.05) is 24.3 Å². The van der Waals surface area contributed by atoms with Crippen LogP contribution in [0, 0.1) is 0 Å². The van der Waals surface area contributed by atoms with Crippen molar-refractivity contribution in [1.29, 1.82) is 0 Å². The van der Waals surface area contributed by atoms with E-state index in [-0.39, 0.29) is 23.9 Å². The number of hydrogen-bond donors (Lipinski definition) is 2. The molecule has 0 saturated carbocycles. The van der Waals surface area contributed by atoms with E-state index in [9.17, 15) is 14.4 Å². The molecule has 32 heavy (non-hydrogen) atoms. The number of fused-ring (bicyclic) bond motifs is 1. The van der Waals surface area contributed by atoms with Crippen LogP contribution in [0.25, 0.3) is 17.0 Å². The number of benzene rings is 2. The Morgan fingerprint density at radius 1 is 1.19 bits per heavy atom. The van der Waals surface area contributed by atoms with Crippen molar-refractivity contribution in [2.45, 2.75) is 26.4 Å². The van der Waals surface area contributed by atoms with E-state index in [0.717, 1.165) is 11.3 Å². The molecule has 0 fully saturated rings. The van der Waals surface area contributed by atoms with Gasteiger partial charge in [-0.05, 0) is 49.8 Å². The first-order valence-corrected chi connectivity index (χ1v) is 10.3. The minimum absolute atomic E-state index is 0.136. The Kier molecular flexibility index (Phi) is 7.38. The third-order valence-corrected chi connectivity index (χ3v) is 4.97. The van der Waals surface area contributed by atoms with Crippen LogP contribution >= 0.6 is 0 Å². The highest BCUT2D eigenvalue weighted by Gasteiger charge is 2.21. The minimum atomic E-state index is -0.741. The lowest BCUT2D eigenvalue weighted by Crippen LogP contribution is -2.46. The van der Waals surface area contributed by atoms with Crippen molar-refractivity contribution in [1.82, 2.24) is 20.2 Å². The van der Waals surface area contributed by atoms with Gasteiger partial charge in [0.05, 0.1) is 24.6 Å². The van der Waals surface area contributed by atoms with Gasteiger partial charge in [0, 0.05) is 12.6 Å². The van der Waals surface area contributed by atoms with Gasteiger partial charge < -0.3 is 19.9 Å². The minimum Gasteiger partial charge on any atom is -0.497 e. The highest BCUT2D eigenvalue weighted by molar-refractivity contribution is 5.95. The summed E-state index contributed by atoms with van der Waals surface area (Å²) in [6.45, 7) is 3.99. The van der Waals surface area contributed by atoms with Crippen LogP contribution in [0.5, 0.6) is 5.75 Å². The Hall–Kier alpha value is -3.94. The number of aromatic amines is 1. The van der Waals surface area contributed by atoms with Crippen LogP contribution in [-0.2, 0) is 16.1 Å². The monoisotopic (exact) mass is 434 g/mol. The number of nitrogens with one attached hydrogen (secondary N) is 2. The lowest BCUT2D eigenvalue weighted by Gasteiger charge is -2.24. The number of para-hydroxylation sites is 1. The van der Waals surface area contributed by atoms with Gasteiger partial charge in [-0.15, -0.1) is 0 Å². The molecule has 0 aliphatic rings. The van der Waals surface area contributed by atoms with E-state index in [4.69, 9.17) is 4.74 Å². The van der Waals surface area contributed by atoms with E-state index in [1.54, 1.807) is 56.5 Å². The predicted octanol–water partition coefficient (Wildman–Crippen LogP) is 2.50. The number of rotatable bonds is 8. The fourth-order valence-corrected chi connectivity index (χ4v) is 3.22. The average Bonchev–Trinajstić information content (AvgIpc) is 2.81. The summed E-state index contributed by atoms with van der Waals surface area (Å²) in [5, 5.41) is 3.18. The topological polar surface area (TPSA) is 104 Å². The molecule has 0 saturated heterocycles. The number of ether oxygens (including phenoxy) is 1. The second-order valence-electron chi connectivity index (χ2n) is 7.22. The molecule has 0 bridgehead atoms. The van der Waals surface area contributed by atoms with Crippen molar-refractivity contribution >= 4 is 28.8 Å². The zero-order valence-corrected chi connectivity index (χ0v) is 18.3. The number of methoxy groups -OCH3 is 1. The summed E-state index contributed by atoms with van der Waals surface area (Å²) in [4.78, 5) is 46.1. The molecule has 8 heteroatoms. The number of H-pyrrole nitrogens is 1. The van der Waals surface area contributed by atoms with Crippen molar-refractivity contribution < 1.29 is 14.3 Å². The molecule has 166 valence electrons. The highest BCUT2D eigenvalue weighted by Crippen LogP contribution is 2.12. The molecule has 0 radical (unpaired) electrons. The first-order chi connectivity index (χ1) is 15.4. The van der Waals surface area contributed by atoms with E-state index in [1.807, 2.05) is 19.1 Å². The Morgan fingerprint density at radius 3 is 2.59 bits per heavy atom. The molecule has 0 aliphatic carbocycles. The molecule has 3 aromatic rings. The fourth-order valence-electron chi connectivity index (χ4n) is 3.22. The van der Waals surface area contributed by atoms with Crippen LogP contribution in [0.3, 0.4) is 0 Å². The smallest absolute Gasteiger partial charge is 0.258 e. The van der Waals surface area contributed by atoms with Gasteiger partial charge in [0.1, 0.15) is 17.6 Å². The Morgan fingerprint density at radius 2 is 1.91 bits per heavy atom. The average molecular weight is 434 g/mol. The maximum Gasteiger partial charge on any atom is 0.258 e. The van der Waals surface area contributed by atoms with E-state index in [1.165, 1.54) is 11.0 Å². The lowest BCUT2D eigenvalue weighted by molar-refractivity contribution is -0.135. The van der Waals surface area contributed by atoms with Gasteiger partial charge in [-0.2, -0.15) is 0 Å². The first kappa shape index (κ1) is 22.7. The van der Waals surface area contributed by atoms with Gasteiger partial charge in [0.2, 0.25) is 11.8 Å². The molecule has 1 unspecified atom stereocenters.